The van der Waals surface area contributed by atoms with Crippen molar-refractivity contribution in [2.24, 2.45) is 0 Å². The number of hydrogen-bond donors (Lipinski definition) is 2. The van der Waals surface area contributed by atoms with Crippen LogP contribution in [0.4, 0.5) is 0 Å². The predicted octanol–water partition coefficient (Wildman–Crippen LogP) is 7.37. The molecule has 0 amide bonds. The van der Waals surface area contributed by atoms with E-state index in [4.69, 9.17) is 0 Å². The summed E-state index contributed by atoms with van der Waals surface area (Å²) in [5.41, 5.74) is 1.68. The van der Waals surface area contributed by atoms with Gasteiger partial charge in [-0.25, -0.2) is 0 Å². The molecule has 0 aliphatic rings. The lowest BCUT2D eigenvalue weighted by molar-refractivity contribution is 0.555. The summed E-state index contributed by atoms with van der Waals surface area (Å²) in [5.74, 6) is 0. The molecule has 0 spiro atoms. The Hall–Kier alpha value is -0.340. The summed E-state index contributed by atoms with van der Waals surface area (Å²) in [4.78, 5) is 0. The van der Waals surface area contributed by atoms with Gasteiger partial charge in [-0.05, 0) is 25.7 Å². The Bertz CT molecular complexity index is 188. The molecule has 0 saturated carbocycles. The third-order valence-corrected chi connectivity index (χ3v) is 3.80. The second-order valence-electron chi connectivity index (χ2n) is 5.56. The Morgan fingerprint density at radius 1 is 0.650 bits per heavy atom. The molecule has 0 heterocycles. The van der Waals surface area contributed by atoms with E-state index in [9.17, 15) is 0 Å². The van der Waals surface area contributed by atoms with Crippen LogP contribution in [-0.4, -0.2) is 0 Å². The molecule has 0 aliphatic carbocycles. The molecule has 0 aromatic carbocycles. The van der Waals surface area contributed by atoms with E-state index >= 15 is 0 Å². The molecule has 2 heteroatoms. The lowest BCUT2D eigenvalue weighted by atomic mass is 10.0. The van der Waals surface area contributed by atoms with Crippen LogP contribution < -0.4 is 12.3 Å². The smallest absolute Gasteiger partial charge is 0.0320 e. The maximum Gasteiger partial charge on any atom is -0.0320 e. The minimum atomic E-state index is 0. The van der Waals surface area contributed by atoms with Crippen LogP contribution in [0.15, 0.2) is 11.6 Å². The third kappa shape index (κ3) is 17.7. The Morgan fingerprint density at radius 3 is 1.50 bits per heavy atom. The average Bonchev–Trinajstić information content (AvgIpc) is 2.39. The minimum absolute atomic E-state index is 0. The number of hydrogen-bond acceptors (Lipinski definition) is 2. The predicted molar refractivity (Wildman–Crippen MR) is 95.2 cm³/mol. The van der Waals surface area contributed by atoms with Crippen LogP contribution in [0.3, 0.4) is 0 Å². The van der Waals surface area contributed by atoms with Gasteiger partial charge in [0.25, 0.3) is 0 Å². The van der Waals surface area contributed by atoms with Gasteiger partial charge in [0.15, 0.2) is 0 Å². The number of unbranched alkanes of at least 4 members (excludes halogenated alkanes) is 9. The first-order valence-electron chi connectivity index (χ1n) is 8.53. The molecule has 0 atom stereocenters. The summed E-state index contributed by atoms with van der Waals surface area (Å²) < 4.78 is 0. The molecule has 124 valence electrons. The molecule has 0 aliphatic heterocycles. The van der Waals surface area contributed by atoms with Gasteiger partial charge in [-0.3, -0.25) is 0 Å². The normalized spacial score (nSPS) is 10.8. The fraction of sp³-hybridized carbons (Fsp3) is 0.889. The van der Waals surface area contributed by atoms with Crippen LogP contribution in [0.1, 0.15) is 104 Å². The Labute approximate surface area is 129 Å². The molecule has 0 radical (unpaired) electrons. The SMILES string of the molecule is CC/C=C(\CC)CCCCCCCCCCCC.N.N. The second-order valence-corrected chi connectivity index (χ2v) is 5.56. The van der Waals surface area contributed by atoms with Gasteiger partial charge in [0, 0.05) is 0 Å². The van der Waals surface area contributed by atoms with Gasteiger partial charge in [0.2, 0.25) is 0 Å². The van der Waals surface area contributed by atoms with E-state index in [-0.39, 0.29) is 12.3 Å². The summed E-state index contributed by atoms with van der Waals surface area (Å²) in [5, 5.41) is 0. The molecule has 20 heavy (non-hydrogen) atoms. The first-order valence-corrected chi connectivity index (χ1v) is 8.53. The first kappa shape index (κ1) is 24.7. The van der Waals surface area contributed by atoms with Gasteiger partial charge in [0.05, 0.1) is 0 Å². The Morgan fingerprint density at radius 2 is 1.10 bits per heavy atom. The Balaban J connectivity index is -0.00000144. The van der Waals surface area contributed by atoms with Crippen molar-refractivity contribution in [3.8, 4) is 0 Å². The second kappa shape index (κ2) is 21.0. The van der Waals surface area contributed by atoms with E-state index < -0.39 is 0 Å². The fourth-order valence-corrected chi connectivity index (χ4v) is 2.55. The molecule has 0 aromatic rings. The highest BCUT2D eigenvalue weighted by molar-refractivity contribution is 5.00. The van der Waals surface area contributed by atoms with Crippen LogP contribution in [0.5, 0.6) is 0 Å². The van der Waals surface area contributed by atoms with E-state index in [2.05, 4.69) is 26.8 Å². The summed E-state index contributed by atoms with van der Waals surface area (Å²) in [7, 11) is 0. The van der Waals surface area contributed by atoms with Crippen LogP contribution in [0.2, 0.25) is 0 Å². The first-order chi connectivity index (χ1) is 8.85. The van der Waals surface area contributed by atoms with Gasteiger partial charge in [-0.15, -0.1) is 0 Å². The van der Waals surface area contributed by atoms with Crippen molar-refractivity contribution in [3.63, 3.8) is 0 Å². The standard InChI is InChI=1S/C18H36.2H3N/c1-4-7-8-9-10-11-12-13-14-15-17-18(6-3)16-5-2;;/h16H,4-15,17H2,1-3H3;2*1H3/b18-16+;;. The minimum Gasteiger partial charge on any atom is -0.344 e. The highest BCUT2D eigenvalue weighted by Crippen LogP contribution is 2.15. The molecular weight excluding hydrogens is 244 g/mol. The molecule has 0 unspecified atom stereocenters. The highest BCUT2D eigenvalue weighted by Gasteiger charge is 1.95. The van der Waals surface area contributed by atoms with E-state index in [1.165, 1.54) is 83.5 Å². The van der Waals surface area contributed by atoms with E-state index in [0.717, 1.165) is 0 Å². The zero-order valence-electron chi connectivity index (χ0n) is 14.7. The van der Waals surface area contributed by atoms with Crippen molar-refractivity contribution in [2.75, 3.05) is 0 Å². The summed E-state index contributed by atoms with van der Waals surface area (Å²) in [6.45, 7) is 6.82. The maximum atomic E-state index is 2.42. The average molecular weight is 287 g/mol. The highest BCUT2D eigenvalue weighted by atomic mass is 14.0. The van der Waals surface area contributed by atoms with Crippen molar-refractivity contribution in [1.29, 1.82) is 0 Å². The van der Waals surface area contributed by atoms with Crippen molar-refractivity contribution in [2.45, 2.75) is 104 Å². The van der Waals surface area contributed by atoms with E-state index in [1.807, 2.05) is 0 Å². The Kier molecular flexibility index (Phi) is 25.9. The third-order valence-electron chi connectivity index (χ3n) is 3.80. The zero-order chi connectivity index (χ0) is 13.5. The van der Waals surface area contributed by atoms with Gasteiger partial charge in [0.1, 0.15) is 0 Å². The number of rotatable bonds is 13. The number of allylic oxidation sites excluding steroid dienone is 2. The fourth-order valence-electron chi connectivity index (χ4n) is 2.55. The molecule has 0 rings (SSSR count). The van der Waals surface area contributed by atoms with Crippen LogP contribution in [0.25, 0.3) is 0 Å². The molecule has 6 N–H and O–H groups in total. The van der Waals surface area contributed by atoms with Gasteiger partial charge in [-0.1, -0.05) is 90.2 Å². The molecule has 0 fully saturated rings. The lowest BCUT2D eigenvalue weighted by Gasteiger charge is -2.05. The largest absolute Gasteiger partial charge is 0.344 e. The van der Waals surface area contributed by atoms with Crippen molar-refractivity contribution < 1.29 is 0 Å². The summed E-state index contributed by atoms with van der Waals surface area (Å²) in [6.07, 6.45) is 20.7. The molecule has 0 aromatic heterocycles. The summed E-state index contributed by atoms with van der Waals surface area (Å²) in [6, 6.07) is 0. The van der Waals surface area contributed by atoms with Crippen molar-refractivity contribution >= 4 is 0 Å². The molecule has 0 saturated heterocycles. The van der Waals surface area contributed by atoms with E-state index in [1.54, 1.807) is 5.57 Å². The molecule has 2 nitrogen and oxygen atoms in total. The van der Waals surface area contributed by atoms with Gasteiger partial charge in [-0.2, -0.15) is 0 Å². The topological polar surface area (TPSA) is 70.0 Å². The van der Waals surface area contributed by atoms with Crippen LogP contribution in [-0.2, 0) is 0 Å². The zero-order valence-corrected chi connectivity index (χ0v) is 14.7. The van der Waals surface area contributed by atoms with Crippen molar-refractivity contribution in [1.82, 2.24) is 12.3 Å². The maximum absolute atomic E-state index is 2.42. The lowest BCUT2D eigenvalue weighted by Crippen LogP contribution is -1.85. The van der Waals surface area contributed by atoms with Crippen LogP contribution in [0, 0.1) is 0 Å². The van der Waals surface area contributed by atoms with Gasteiger partial charge >= 0.3 is 0 Å². The molecular formula is C18H42N2. The van der Waals surface area contributed by atoms with E-state index in [0.29, 0.717) is 0 Å². The molecule has 0 bridgehead atoms. The van der Waals surface area contributed by atoms with Gasteiger partial charge < -0.3 is 12.3 Å². The quantitative estimate of drug-likeness (QED) is 0.274. The summed E-state index contributed by atoms with van der Waals surface area (Å²) >= 11 is 0. The monoisotopic (exact) mass is 286 g/mol. The van der Waals surface area contributed by atoms with Crippen molar-refractivity contribution in [3.05, 3.63) is 11.6 Å². The van der Waals surface area contributed by atoms with Crippen LogP contribution >= 0.6 is 0 Å².